The number of hydrogen-bond donors (Lipinski definition) is 1. The van der Waals surface area contributed by atoms with Gasteiger partial charge in [0.25, 0.3) is 0 Å². The van der Waals surface area contributed by atoms with Gasteiger partial charge in [0.1, 0.15) is 17.1 Å². The van der Waals surface area contributed by atoms with Crippen LogP contribution in [0.15, 0.2) is 24.4 Å². The Morgan fingerprint density at radius 3 is 2.74 bits per heavy atom. The molecule has 0 aliphatic rings. The molecule has 2 heterocycles. The molecule has 0 spiro atoms. The summed E-state index contributed by atoms with van der Waals surface area (Å²) >= 11 is 6.76. The second kappa shape index (κ2) is 5.82. The summed E-state index contributed by atoms with van der Waals surface area (Å²) in [6.07, 6.45) is -3.97. The van der Waals surface area contributed by atoms with E-state index in [4.69, 9.17) is 16.3 Å². The normalized spacial score (nSPS) is 11.7. The van der Waals surface area contributed by atoms with Gasteiger partial charge in [-0.1, -0.05) is 11.3 Å². The SMILES string of the molecule is COc1ccc2nc(Nc3nc(Cl)ncc3C(F)(F)F)sc2c1. The first-order valence-electron chi connectivity index (χ1n) is 6.18. The molecular weight excluding hydrogens is 353 g/mol. The van der Waals surface area contributed by atoms with Crippen molar-refractivity contribution in [2.45, 2.75) is 6.18 Å². The molecule has 0 aliphatic carbocycles. The molecule has 5 nitrogen and oxygen atoms in total. The largest absolute Gasteiger partial charge is 0.497 e. The first kappa shape index (κ1) is 15.8. The van der Waals surface area contributed by atoms with Gasteiger partial charge in [-0.15, -0.1) is 0 Å². The molecule has 0 saturated heterocycles. The second-order valence-corrected chi connectivity index (χ2v) is 5.75. The molecule has 0 saturated carbocycles. The summed E-state index contributed by atoms with van der Waals surface area (Å²) in [5, 5.41) is 2.53. The van der Waals surface area contributed by atoms with E-state index in [1.807, 2.05) is 0 Å². The quantitative estimate of drug-likeness (QED) is 0.696. The number of thiazole rings is 1. The fraction of sp³-hybridized carbons (Fsp3) is 0.154. The van der Waals surface area contributed by atoms with Crippen molar-refractivity contribution in [1.82, 2.24) is 15.0 Å². The minimum absolute atomic E-state index is 0.258. The monoisotopic (exact) mass is 360 g/mol. The lowest BCUT2D eigenvalue weighted by molar-refractivity contribution is -0.137. The molecule has 0 radical (unpaired) electrons. The van der Waals surface area contributed by atoms with E-state index >= 15 is 0 Å². The number of nitrogens with zero attached hydrogens (tertiary/aromatic N) is 3. The van der Waals surface area contributed by atoms with Crippen LogP contribution < -0.4 is 10.1 Å². The van der Waals surface area contributed by atoms with Crippen LogP contribution >= 0.6 is 22.9 Å². The first-order valence-corrected chi connectivity index (χ1v) is 7.37. The maximum absolute atomic E-state index is 13.0. The van der Waals surface area contributed by atoms with Gasteiger partial charge in [-0.05, 0) is 29.8 Å². The minimum Gasteiger partial charge on any atom is -0.497 e. The Morgan fingerprint density at radius 1 is 1.26 bits per heavy atom. The molecule has 1 aromatic carbocycles. The lowest BCUT2D eigenvalue weighted by atomic mass is 10.3. The van der Waals surface area contributed by atoms with Crippen LogP contribution in [0.5, 0.6) is 5.75 Å². The summed E-state index contributed by atoms with van der Waals surface area (Å²) in [6, 6.07) is 5.18. The zero-order valence-corrected chi connectivity index (χ0v) is 13.1. The minimum atomic E-state index is -4.60. The number of anilines is 2. The number of fused-ring (bicyclic) bond motifs is 1. The Balaban J connectivity index is 2.00. The molecule has 0 atom stereocenters. The number of halogens is 4. The average Bonchev–Trinajstić information content (AvgIpc) is 2.87. The van der Waals surface area contributed by atoms with E-state index in [2.05, 4.69) is 20.3 Å². The molecule has 0 unspecified atom stereocenters. The van der Waals surface area contributed by atoms with Crippen LogP contribution in [0.4, 0.5) is 24.1 Å². The molecule has 23 heavy (non-hydrogen) atoms. The predicted octanol–water partition coefficient (Wildman–Crippen LogP) is 4.51. The Kier molecular flexibility index (Phi) is 3.99. The highest BCUT2D eigenvalue weighted by molar-refractivity contribution is 7.22. The summed E-state index contributed by atoms with van der Waals surface area (Å²) in [6.45, 7) is 0. The van der Waals surface area contributed by atoms with E-state index in [9.17, 15) is 13.2 Å². The summed E-state index contributed by atoms with van der Waals surface area (Å²) in [5.74, 6) is 0.192. The van der Waals surface area contributed by atoms with Gasteiger partial charge in [0, 0.05) is 6.20 Å². The molecule has 1 N–H and O–H groups in total. The number of nitrogens with one attached hydrogen (secondary N) is 1. The number of alkyl halides is 3. The van der Waals surface area contributed by atoms with Crippen molar-refractivity contribution in [3.63, 3.8) is 0 Å². The van der Waals surface area contributed by atoms with Crippen molar-refractivity contribution in [3.8, 4) is 5.75 Å². The van der Waals surface area contributed by atoms with Gasteiger partial charge in [0.2, 0.25) is 5.28 Å². The van der Waals surface area contributed by atoms with Crippen LogP contribution in [0.1, 0.15) is 5.56 Å². The van der Waals surface area contributed by atoms with E-state index in [0.29, 0.717) is 17.5 Å². The number of rotatable bonds is 3. The van der Waals surface area contributed by atoms with Gasteiger partial charge >= 0.3 is 6.18 Å². The third-order valence-corrected chi connectivity index (χ3v) is 4.00. The maximum Gasteiger partial charge on any atom is 0.421 e. The van der Waals surface area contributed by atoms with Crippen LogP contribution in [0, 0.1) is 0 Å². The van der Waals surface area contributed by atoms with Crippen LogP contribution in [-0.2, 0) is 6.18 Å². The van der Waals surface area contributed by atoms with Gasteiger partial charge in [-0.2, -0.15) is 18.2 Å². The van der Waals surface area contributed by atoms with E-state index in [-0.39, 0.29) is 10.4 Å². The molecule has 3 aromatic rings. The van der Waals surface area contributed by atoms with Crippen LogP contribution in [0.3, 0.4) is 0 Å². The third-order valence-electron chi connectivity index (χ3n) is 2.89. The van der Waals surface area contributed by atoms with Crippen molar-refractivity contribution in [3.05, 3.63) is 35.2 Å². The zero-order valence-electron chi connectivity index (χ0n) is 11.5. The fourth-order valence-corrected chi connectivity index (χ4v) is 2.88. The van der Waals surface area contributed by atoms with Crippen molar-refractivity contribution < 1.29 is 17.9 Å². The molecule has 120 valence electrons. The van der Waals surface area contributed by atoms with E-state index < -0.39 is 17.6 Å². The van der Waals surface area contributed by atoms with Crippen molar-refractivity contribution in [2.75, 3.05) is 12.4 Å². The second-order valence-electron chi connectivity index (χ2n) is 4.38. The summed E-state index contributed by atoms with van der Waals surface area (Å²) < 4.78 is 44.8. The molecule has 0 amide bonds. The van der Waals surface area contributed by atoms with Gasteiger partial charge in [-0.25, -0.2) is 9.97 Å². The number of benzene rings is 1. The van der Waals surface area contributed by atoms with Crippen LogP contribution in [0.2, 0.25) is 5.28 Å². The highest BCUT2D eigenvalue weighted by Gasteiger charge is 2.35. The first-order chi connectivity index (χ1) is 10.9. The van der Waals surface area contributed by atoms with Crippen molar-refractivity contribution in [1.29, 1.82) is 0 Å². The summed E-state index contributed by atoms with van der Waals surface area (Å²) in [5.41, 5.74) is -0.384. The molecule has 10 heteroatoms. The van der Waals surface area contributed by atoms with Gasteiger partial charge in [0.15, 0.2) is 5.13 Å². The Bertz CT molecular complexity index is 868. The number of ether oxygens (including phenoxy) is 1. The van der Waals surface area contributed by atoms with Gasteiger partial charge < -0.3 is 10.1 Å². The molecule has 0 aliphatic heterocycles. The smallest absolute Gasteiger partial charge is 0.421 e. The highest BCUT2D eigenvalue weighted by atomic mass is 35.5. The third kappa shape index (κ3) is 3.30. The van der Waals surface area contributed by atoms with E-state index in [0.717, 1.165) is 4.70 Å². The average molecular weight is 361 g/mol. The fourth-order valence-electron chi connectivity index (χ4n) is 1.85. The standard InChI is InChI=1S/C13H8ClF3N4OS/c1-22-6-2-3-8-9(4-6)23-12(19-8)21-10-7(13(15,16)17)5-18-11(14)20-10/h2-5H,1H3,(H,18,19,20,21). The highest BCUT2D eigenvalue weighted by Crippen LogP contribution is 2.37. The molecule has 3 rings (SSSR count). The Hall–Kier alpha value is -2.13. The molecule has 0 bridgehead atoms. The predicted molar refractivity (Wildman–Crippen MR) is 81.5 cm³/mol. The topological polar surface area (TPSA) is 59.9 Å². The number of hydrogen-bond acceptors (Lipinski definition) is 6. The number of methoxy groups -OCH3 is 1. The lowest BCUT2D eigenvalue weighted by Crippen LogP contribution is -2.11. The molecule has 0 fully saturated rings. The van der Waals surface area contributed by atoms with Gasteiger partial charge in [-0.3, -0.25) is 0 Å². The Morgan fingerprint density at radius 2 is 2.04 bits per heavy atom. The maximum atomic E-state index is 13.0. The van der Waals surface area contributed by atoms with E-state index in [1.54, 1.807) is 18.2 Å². The van der Waals surface area contributed by atoms with Crippen LogP contribution in [-0.4, -0.2) is 22.1 Å². The van der Waals surface area contributed by atoms with Gasteiger partial charge in [0.05, 0.1) is 17.3 Å². The summed E-state index contributed by atoms with van der Waals surface area (Å²) in [4.78, 5) is 11.2. The molecule has 2 aromatic heterocycles. The Labute approximate surface area is 137 Å². The lowest BCUT2D eigenvalue weighted by Gasteiger charge is -2.11. The number of aromatic nitrogens is 3. The summed E-state index contributed by atoms with van der Waals surface area (Å²) in [7, 11) is 1.53. The van der Waals surface area contributed by atoms with Crippen LogP contribution in [0.25, 0.3) is 10.2 Å². The molecular formula is C13H8ClF3N4OS. The van der Waals surface area contributed by atoms with Crippen molar-refractivity contribution >= 4 is 44.1 Å². The zero-order chi connectivity index (χ0) is 16.6. The van der Waals surface area contributed by atoms with Crippen molar-refractivity contribution in [2.24, 2.45) is 0 Å². The van der Waals surface area contributed by atoms with E-state index in [1.165, 1.54) is 18.4 Å².